The molecule has 11 heteroatoms. The molecule has 11 nitrogen and oxygen atoms in total. The quantitative estimate of drug-likeness (QED) is 0.135. The van der Waals surface area contributed by atoms with E-state index in [1.54, 1.807) is 6.07 Å². The maximum atomic E-state index is 12.1. The summed E-state index contributed by atoms with van der Waals surface area (Å²) in [5, 5.41) is 31.0. The number of carboxylic acid groups (broad SMARTS) is 1. The summed E-state index contributed by atoms with van der Waals surface area (Å²) in [6.45, 7) is 8.11. The number of hydrogen-bond acceptors (Lipinski definition) is 8. The number of benzene rings is 2. The van der Waals surface area contributed by atoms with Crippen molar-refractivity contribution in [3.05, 3.63) is 69.3 Å². The summed E-state index contributed by atoms with van der Waals surface area (Å²) in [7, 11) is 2.42. The average molecular weight is 645 g/mol. The van der Waals surface area contributed by atoms with Crippen LogP contribution in [0.1, 0.15) is 133 Å². The van der Waals surface area contributed by atoms with Gasteiger partial charge in [0.05, 0.1) is 18.2 Å². The number of ether oxygens (including phenoxy) is 1. The Kier molecular flexibility index (Phi) is 12.4. The van der Waals surface area contributed by atoms with E-state index in [-0.39, 0.29) is 5.97 Å². The number of carbonyl (C=O) groups excluding carboxylic acids is 1. The molecule has 4 aromatic rings. The molecule has 0 bridgehead atoms. The lowest BCUT2D eigenvalue weighted by atomic mass is 9.76. The van der Waals surface area contributed by atoms with Crippen LogP contribution >= 0.6 is 0 Å². The number of rotatable bonds is 10. The second-order valence-corrected chi connectivity index (χ2v) is 11.9. The van der Waals surface area contributed by atoms with Gasteiger partial charge in [0, 0.05) is 31.1 Å². The van der Waals surface area contributed by atoms with Crippen LogP contribution in [0.25, 0.3) is 22.8 Å². The third kappa shape index (κ3) is 7.78. The number of aromatic nitrogens is 6. The molecule has 0 spiro atoms. The Labute approximate surface area is 276 Å². The molecule has 2 aromatic carbocycles. The molecule has 0 aliphatic heterocycles. The van der Waals surface area contributed by atoms with Crippen molar-refractivity contribution in [1.29, 1.82) is 0 Å². The van der Waals surface area contributed by atoms with Crippen LogP contribution in [0.2, 0.25) is 0 Å². The summed E-state index contributed by atoms with van der Waals surface area (Å²) >= 11 is 0. The largest absolute Gasteiger partial charge is 0.478 e. The number of aromatic amines is 2. The number of methoxy groups -OCH3 is 1. The van der Waals surface area contributed by atoms with E-state index in [1.165, 1.54) is 43.9 Å². The number of hydrogen-bond donors (Lipinski definition) is 4. The van der Waals surface area contributed by atoms with Gasteiger partial charge < -0.3 is 14.9 Å². The zero-order valence-corrected chi connectivity index (χ0v) is 28.4. The summed E-state index contributed by atoms with van der Waals surface area (Å²) < 4.78 is 4.95. The van der Waals surface area contributed by atoms with E-state index in [0.717, 1.165) is 79.5 Å². The molecular formula is C36H48N6O5. The van der Waals surface area contributed by atoms with E-state index in [2.05, 4.69) is 49.4 Å². The van der Waals surface area contributed by atoms with Crippen LogP contribution in [0.5, 0.6) is 0 Å². The number of aryl methyl sites for hydroxylation is 4. The topological polar surface area (TPSA) is 167 Å². The average Bonchev–Trinajstić information content (AvgIpc) is 3.74. The molecule has 0 atom stereocenters. The van der Waals surface area contributed by atoms with Gasteiger partial charge in [0.1, 0.15) is 11.6 Å². The van der Waals surface area contributed by atoms with E-state index >= 15 is 0 Å². The van der Waals surface area contributed by atoms with Crippen LogP contribution in [-0.2, 0) is 30.4 Å². The number of nitrogens with one attached hydrogen (secondary N) is 2. The predicted octanol–water partition coefficient (Wildman–Crippen LogP) is 6.82. The van der Waals surface area contributed by atoms with Gasteiger partial charge in [-0.2, -0.15) is 10.2 Å². The van der Waals surface area contributed by atoms with E-state index in [0.29, 0.717) is 34.6 Å². The zero-order chi connectivity index (χ0) is 34.1. The van der Waals surface area contributed by atoms with Gasteiger partial charge in [-0.3, -0.25) is 10.2 Å². The first-order valence-corrected chi connectivity index (χ1v) is 16.7. The van der Waals surface area contributed by atoms with Gasteiger partial charge in [-0.25, -0.2) is 19.6 Å². The fourth-order valence-electron chi connectivity index (χ4n) is 6.06. The lowest BCUT2D eigenvalue weighted by Crippen LogP contribution is -2.13. The second-order valence-electron chi connectivity index (χ2n) is 11.9. The van der Waals surface area contributed by atoms with E-state index in [9.17, 15) is 14.7 Å². The number of H-pyrrole nitrogens is 2. The lowest BCUT2D eigenvalue weighted by molar-refractivity contribution is 0.0598. The number of carboxylic acids is 1. The van der Waals surface area contributed by atoms with Gasteiger partial charge >= 0.3 is 11.9 Å². The fourth-order valence-corrected chi connectivity index (χ4v) is 6.06. The third-order valence-electron chi connectivity index (χ3n) is 9.25. The molecule has 252 valence electrons. The Balaban J connectivity index is 0.000000202. The van der Waals surface area contributed by atoms with Crippen LogP contribution in [0.15, 0.2) is 24.3 Å². The Morgan fingerprint density at radius 1 is 0.723 bits per heavy atom. The normalized spacial score (nSPS) is 14.2. The van der Waals surface area contributed by atoms with E-state index < -0.39 is 5.97 Å². The Bertz CT molecular complexity index is 1670. The molecule has 2 fully saturated rings. The number of aliphatic hydroxyl groups excluding tert-OH is 1. The first kappa shape index (κ1) is 35.5. The second kappa shape index (κ2) is 16.4. The lowest BCUT2D eigenvalue weighted by Gasteiger charge is -2.28. The molecular weight excluding hydrogens is 596 g/mol. The van der Waals surface area contributed by atoms with Gasteiger partial charge in [0.25, 0.3) is 0 Å². The molecule has 0 unspecified atom stereocenters. The smallest absolute Gasteiger partial charge is 0.338 e. The Morgan fingerprint density at radius 2 is 1.15 bits per heavy atom. The van der Waals surface area contributed by atoms with Crippen LogP contribution < -0.4 is 0 Å². The molecule has 47 heavy (non-hydrogen) atoms. The predicted molar refractivity (Wildman–Crippen MR) is 181 cm³/mol. The number of carbonyl (C=O) groups is 2. The minimum atomic E-state index is -0.885. The third-order valence-corrected chi connectivity index (χ3v) is 9.25. The molecule has 4 N–H and O–H groups in total. The van der Waals surface area contributed by atoms with Crippen molar-refractivity contribution in [3.63, 3.8) is 0 Å². The van der Waals surface area contributed by atoms with Gasteiger partial charge in [-0.05, 0) is 84.7 Å². The maximum absolute atomic E-state index is 12.1. The van der Waals surface area contributed by atoms with Crippen LogP contribution in [0, 0.1) is 0 Å². The summed E-state index contributed by atoms with van der Waals surface area (Å²) in [5.41, 5.74) is 7.22. The summed E-state index contributed by atoms with van der Waals surface area (Å²) in [6.07, 6.45) is 10.3. The summed E-state index contributed by atoms with van der Waals surface area (Å²) in [4.78, 5) is 32.7. The van der Waals surface area contributed by atoms with Crippen LogP contribution in [0.4, 0.5) is 0 Å². The highest BCUT2D eigenvalue weighted by atomic mass is 16.5. The van der Waals surface area contributed by atoms with Crippen molar-refractivity contribution in [2.24, 2.45) is 0 Å². The number of esters is 1. The first-order valence-electron chi connectivity index (χ1n) is 16.7. The zero-order valence-electron chi connectivity index (χ0n) is 28.4. The highest BCUT2D eigenvalue weighted by Gasteiger charge is 2.28. The summed E-state index contributed by atoms with van der Waals surface area (Å²) in [6, 6.07) is 7.90. The van der Waals surface area contributed by atoms with Gasteiger partial charge in [0.15, 0.2) is 11.6 Å². The summed E-state index contributed by atoms with van der Waals surface area (Å²) in [5.74, 6) is 2.85. The Hall–Kier alpha value is -4.38. The number of aromatic carboxylic acids is 1. The maximum Gasteiger partial charge on any atom is 0.338 e. The standard InChI is InChI=1S/C18H23N3O2.C17H21N3O2.CH4O/c1-4-11-9-13(12-7-6-8-12)15(10-14(11)18(22)23-3)17-19-16(5-2)20-21-17;1-3-10-8-12(11-6-5-7-11)14(9-13(10)17(21)22)16-18-15(4-2)19-20-16;1-2/h9-10,12H,4-8H2,1-3H3,(H,19,20,21);8-9,11H,3-7H2,1-2H3,(H,21,22)(H,18,19,20);2H,1H3. The molecule has 2 aromatic heterocycles. The first-order chi connectivity index (χ1) is 22.8. The molecule has 2 heterocycles. The molecule has 6 rings (SSSR count). The van der Waals surface area contributed by atoms with E-state index in [1.807, 2.05) is 26.8 Å². The van der Waals surface area contributed by atoms with Crippen molar-refractivity contribution in [2.75, 3.05) is 14.2 Å². The molecule has 2 saturated carbocycles. The number of aliphatic hydroxyl groups is 1. The molecule has 2 aliphatic rings. The SMILES string of the molecule is CCc1nc(-c2cc(C(=O)O)c(CC)cc2C2CCC2)n[nH]1.CCc1nc(-c2cc(C(=O)OC)c(CC)cc2C2CCC2)n[nH]1.CO. The van der Waals surface area contributed by atoms with Gasteiger partial charge in [-0.15, -0.1) is 0 Å². The van der Waals surface area contributed by atoms with Gasteiger partial charge in [-0.1, -0.05) is 52.7 Å². The van der Waals surface area contributed by atoms with E-state index in [4.69, 9.17) is 9.84 Å². The van der Waals surface area contributed by atoms with Crippen molar-refractivity contribution < 1.29 is 24.5 Å². The molecule has 2 aliphatic carbocycles. The molecule has 0 amide bonds. The van der Waals surface area contributed by atoms with Crippen LogP contribution in [0.3, 0.4) is 0 Å². The Morgan fingerprint density at radius 3 is 1.47 bits per heavy atom. The molecule has 0 saturated heterocycles. The molecule has 0 radical (unpaired) electrons. The van der Waals surface area contributed by atoms with Crippen molar-refractivity contribution in [1.82, 2.24) is 30.4 Å². The fraction of sp³-hybridized carbons (Fsp3) is 0.500. The van der Waals surface area contributed by atoms with Crippen molar-refractivity contribution in [3.8, 4) is 22.8 Å². The van der Waals surface area contributed by atoms with Crippen molar-refractivity contribution >= 4 is 11.9 Å². The van der Waals surface area contributed by atoms with Crippen molar-refractivity contribution in [2.45, 2.75) is 104 Å². The number of nitrogens with zero attached hydrogens (tertiary/aromatic N) is 4. The van der Waals surface area contributed by atoms with Crippen LogP contribution in [-0.4, -0.2) is 66.7 Å². The minimum Gasteiger partial charge on any atom is -0.478 e. The van der Waals surface area contributed by atoms with Gasteiger partial charge in [0.2, 0.25) is 0 Å². The highest BCUT2D eigenvalue weighted by molar-refractivity contribution is 5.93. The monoisotopic (exact) mass is 644 g/mol. The highest BCUT2D eigenvalue weighted by Crippen LogP contribution is 2.43. The minimum absolute atomic E-state index is 0.297.